The Morgan fingerprint density at radius 3 is 1.72 bits per heavy atom. The molecule has 4 rings (SSSR count). The highest BCUT2D eigenvalue weighted by Crippen LogP contribution is 2.56. The number of benzene rings is 3. The van der Waals surface area contributed by atoms with Gasteiger partial charge >= 0.3 is 0 Å². The van der Waals surface area contributed by atoms with Crippen LogP contribution < -0.4 is 32.9 Å². The zero-order chi connectivity index (χ0) is 24.2. The maximum Gasteiger partial charge on any atom is 0.181 e. The van der Waals surface area contributed by atoms with Gasteiger partial charge in [0.2, 0.25) is 0 Å². The summed E-state index contributed by atoms with van der Waals surface area (Å²) in [6.07, 6.45) is 8.55. The van der Waals surface area contributed by atoms with Crippen LogP contribution in [-0.2, 0) is 14.2 Å². The van der Waals surface area contributed by atoms with E-state index in [1.165, 1.54) is 54.2 Å². The lowest BCUT2D eigenvalue weighted by molar-refractivity contribution is -0.228. The van der Waals surface area contributed by atoms with Crippen molar-refractivity contribution in [1.29, 1.82) is 0 Å². The second kappa shape index (κ2) is 15.6. The molecule has 1 saturated heterocycles. The van der Waals surface area contributed by atoms with Crippen molar-refractivity contribution in [1.82, 2.24) is 0 Å². The Balaban J connectivity index is 0.00000361. The lowest BCUT2D eigenvalue weighted by Gasteiger charge is -2.27. The van der Waals surface area contributed by atoms with E-state index in [9.17, 15) is 0 Å². The van der Waals surface area contributed by atoms with Crippen LogP contribution in [0.2, 0.25) is 0 Å². The highest BCUT2D eigenvalue weighted by Gasteiger charge is 2.44. The molecule has 0 N–H and O–H groups in total. The fourth-order valence-electron chi connectivity index (χ4n) is 5.06. The molecule has 3 aromatic carbocycles. The first kappa shape index (κ1) is 29.0. The Morgan fingerprint density at radius 2 is 1.22 bits per heavy atom. The van der Waals surface area contributed by atoms with Crippen LogP contribution in [0, 0.1) is 0 Å². The third-order valence-electron chi connectivity index (χ3n) is 6.86. The van der Waals surface area contributed by atoms with Gasteiger partial charge in [-0.15, -0.1) is 0 Å². The summed E-state index contributed by atoms with van der Waals surface area (Å²) in [5.74, 6) is 0. The van der Waals surface area contributed by atoms with Gasteiger partial charge in [-0.3, -0.25) is 0 Å². The Bertz CT molecular complexity index is 868. The lowest BCUT2D eigenvalue weighted by Crippen LogP contribution is -3.00. The SMILES string of the molecule is CC(CCCCCCC[P+](c1ccccc1)(c1ccccc1)c1ccccc1)OC1COCCO1.[Br-]. The number of hydrogen-bond acceptors (Lipinski definition) is 3. The quantitative estimate of drug-likeness (QED) is 0.233. The van der Waals surface area contributed by atoms with Gasteiger partial charge in [0, 0.05) is 0 Å². The summed E-state index contributed by atoms with van der Waals surface area (Å²) in [6.45, 7) is 4.02. The van der Waals surface area contributed by atoms with Gasteiger partial charge < -0.3 is 31.2 Å². The fourth-order valence-corrected chi connectivity index (χ4v) is 9.48. The van der Waals surface area contributed by atoms with Gasteiger partial charge in [-0.05, 0) is 62.6 Å². The first-order valence-corrected chi connectivity index (χ1v) is 15.2. The first-order chi connectivity index (χ1) is 17.3. The van der Waals surface area contributed by atoms with Crippen molar-refractivity contribution in [3.63, 3.8) is 0 Å². The summed E-state index contributed by atoms with van der Waals surface area (Å²) < 4.78 is 17.0. The molecule has 194 valence electrons. The molecule has 3 nitrogen and oxygen atoms in total. The van der Waals surface area contributed by atoms with E-state index >= 15 is 0 Å². The number of rotatable bonds is 13. The molecule has 1 fully saturated rings. The average molecular weight is 572 g/mol. The smallest absolute Gasteiger partial charge is 0.181 e. The van der Waals surface area contributed by atoms with E-state index in [0.717, 1.165) is 6.42 Å². The van der Waals surface area contributed by atoms with Crippen LogP contribution >= 0.6 is 7.26 Å². The van der Waals surface area contributed by atoms with Crippen LogP contribution in [0.3, 0.4) is 0 Å². The predicted molar refractivity (Wildman–Crippen MR) is 149 cm³/mol. The molecule has 1 aliphatic heterocycles. The summed E-state index contributed by atoms with van der Waals surface area (Å²) in [6, 6.07) is 33.6. The monoisotopic (exact) mass is 570 g/mol. The minimum Gasteiger partial charge on any atom is -1.00 e. The number of unbranched alkanes of at least 4 members (excludes halogenated alkanes) is 4. The molecule has 2 atom stereocenters. The van der Waals surface area contributed by atoms with E-state index in [-0.39, 0.29) is 29.4 Å². The zero-order valence-corrected chi connectivity index (χ0v) is 23.9. The topological polar surface area (TPSA) is 27.7 Å². The van der Waals surface area contributed by atoms with E-state index in [0.29, 0.717) is 19.8 Å². The van der Waals surface area contributed by atoms with Gasteiger partial charge in [0.05, 0.1) is 32.1 Å². The molecule has 1 heterocycles. The van der Waals surface area contributed by atoms with Crippen LogP contribution in [0.15, 0.2) is 91.0 Å². The van der Waals surface area contributed by atoms with Crippen LogP contribution in [0.4, 0.5) is 0 Å². The lowest BCUT2D eigenvalue weighted by atomic mass is 10.1. The molecular weight excluding hydrogens is 531 g/mol. The standard InChI is InChI=1S/C31H40O3P.BrH/c1-27(34-31-26-32-23-24-33-31)16-8-3-2-4-15-25-35(28-17-9-5-10-18-28,29-19-11-6-12-20-29)30-21-13-7-14-22-30;/h5-7,9-14,17-22,27,31H,2-4,8,15-16,23-26H2,1H3;1H/q+1;/p-1. The number of halogens is 1. The third kappa shape index (κ3) is 7.97. The molecule has 0 bridgehead atoms. The van der Waals surface area contributed by atoms with Crippen LogP contribution in [-0.4, -0.2) is 38.4 Å². The average Bonchev–Trinajstić information content (AvgIpc) is 2.92. The fraction of sp³-hybridized carbons (Fsp3) is 0.419. The van der Waals surface area contributed by atoms with E-state index in [1.54, 1.807) is 0 Å². The molecule has 0 aliphatic carbocycles. The second-order valence-electron chi connectivity index (χ2n) is 9.42. The Kier molecular flexibility index (Phi) is 12.6. The number of hydrogen-bond donors (Lipinski definition) is 0. The molecule has 0 spiro atoms. The Morgan fingerprint density at radius 1 is 0.722 bits per heavy atom. The molecule has 0 amide bonds. The summed E-state index contributed by atoms with van der Waals surface area (Å²) in [5.41, 5.74) is 0. The molecular formula is C31H40BrO3P. The van der Waals surface area contributed by atoms with Crippen molar-refractivity contribution in [2.75, 3.05) is 26.0 Å². The van der Waals surface area contributed by atoms with Crippen molar-refractivity contribution in [3.8, 4) is 0 Å². The van der Waals surface area contributed by atoms with Crippen LogP contribution in [0.25, 0.3) is 0 Å². The van der Waals surface area contributed by atoms with E-state index < -0.39 is 7.26 Å². The van der Waals surface area contributed by atoms with E-state index in [1.807, 2.05) is 0 Å². The molecule has 3 aromatic rings. The molecule has 0 radical (unpaired) electrons. The van der Waals surface area contributed by atoms with Gasteiger partial charge in [0.25, 0.3) is 0 Å². The van der Waals surface area contributed by atoms with Crippen LogP contribution in [0.1, 0.15) is 45.4 Å². The molecule has 0 aromatic heterocycles. The normalized spacial score (nSPS) is 16.8. The van der Waals surface area contributed by atoms with Gasteiger partial charge in [0.15, 0.2) is 6.29 Å². The van der Waals surface area contributed by atoms with Gasteiger partial charge in [-0.2, -0.15) is 0 Å². The summed E-state index contributed by atoms with van der Waals surface area (Å²) in [4.78, 5) is 0. The van der Waals surface area contributed by atoms with Crippen molar-refractivity contribution < 1.29 is 31.2 Å². The maximum absolute atomic E-state index is 5.97. The molecule has 5 heteroatoms. The minimum atomic E-state index is -1.69. The molecule has 0 saturated carbocycles. The highest BCUT2D eigenvalue weighted by molar-refractivity contribution is 7.95. The second-order valence-corrected chi connectivity index (χ2v) is 13.0. The largest absolute Gasteiger partial charge is 1.00 e. The third-order valence-corrected chi connectivity index (χ3v) is 11.4. The zero-order valence-electron chi connectivity index (χ0n) is 21.4. The van der Waals surface area contributed by atoms with E-state index in [4.69, 9.17) is 14.2 Å². The van der Waals surface area contributed by atoms with Gasteiger partial charge in [-0.25, -0.2) is 0 Å². The molecule has 1 aliphatic rings. The molecule has 2 unspecified atom stereocenters. The Labute approximate surface area is 228 Å². The van der Waals surface area contributed by atoms with Crippen molar-refractivity contribution in [3.05, 3.63) is 91.0 Å². The van der Waals surface area contributed by atoms with Crippen LogP contribution in [0.5, 0.6) is 0 Å². The van der Waals surface area contributed by atoms with Crippen molar-refractivity contribution in [2.45, 2.75) is 57.8 Å². The maximum atomic E-state index is 5.97. The highest BCUT2D eigenvalue weighted by atomic mass is 79.9. The van der Waals surface area contributed by atoms with Crippen molar-refractivity contribution >= 4 is 23.2 Å². The van der Waals surface area contributed by atoms with Gasteiger partial charge in [-0.1, -0.05) is 73.9 Å². The predicted octanol–water partition coefficient (Wildman–Crippen LogP) is 3.10. The van der Waals surface area contributed by atoms with Crippen molar-refractivity contribution in [2.24, 2.45) is 0 Å². The Hall–Kier alpha value is -1.55. The van der Waals surface area contributed by atoms with E-state index in [2.05, 4.69) is 97.9 Å². The van der Waals surface area contributed by atoms with Gasteiger partial charge in [0.1, 0.15) is 23.2 Å². The molecule has 36 heavy (non-hydrogen) atoms. The number of ether oxygens (including phenoxy) is 3. The summed E-state index contributed by atoms with van der Waals surface area (Å²) in [7, 11) is -1.69. The minimum absolute atomic E-state index is 0. The summed E-state index contributed by atoms with van der Waals surface area (Å²) >= 11 is 0. The summed E-state index contributed by atoms with van der Waals surface area (Å²) in [5, 5.41) is 4.45. The first-order valence-electron chi connectivity index (χ1n) is 13.2.